The van der Waals surface area contributed by atoms with E-state index in [4.69, 9.17) is 0 Å². The SMILES string of the molecule is Cc1cccc2c1C(C)CC2NCC1(O)CCC1. The Morgan fingerprint density at radius 3 is 2.83 bits per heavy atom. The van der Waals surface area contributed by atoms with Gasteiger partial charge in [0.15, 0.2) is 0 Å². The molecule has 2 aliphatic rings. The lowest BCUT2D eigenvalue weighted by Gasteiger charge is -2.37. The molecule has 0 spiro atoms. The predicted molar refractivity (Wildman–Crippen MR) is 73.8 cm³/mol. The van der Waals surface area contributed by atoms with Gasteiger partial charge in [0.25, 0.3) is 0 Å². The van der Waals surface area contributed by atoms with Crippen molar-refractivity contribution in [1.82, 2.24) is 5.32 Å². The van der Waals surface area contributed by atoms with Crippen molar-refractivity contribution in [2.45, 2.75) is 57.1 Å². The zero-order chi connectivity index (χ0) is 12.8. The fourth-order valence-corrected chi connectivity index (χ4v) is 3.55. The van der Waals surface area contributed by atoms with Gasteiger partial charge in [-0.2, -0.15) is 0 Å². The minimum atomic E-state index is -0.421. The van der Waals surface area contributed by atoms with Crippen LogP contribution < -0.4 is 5.32 Å². The number of nitrogens with one attached hydrogen (secondary N) is 1. The van der Waals surface area contributed by atoms with Crippen LogP contribution >= 0.6 is 0 Å². The van der Waals surface area contributed by atoms with Gasteiger partial charge in [0.05, 0.1) is 5.60 Å². The number of benzene rings is 1. The monoisotopic (exact) mass is 245 g/mol. The number of hydrogen-bond acceptors (Lipinski definition) is 2. The van der Waals surface area contributed by atoms with Crippen LogP contribution in [-0.2, 0) is 0 Å². The van der Waals surface area contributed by atoms with Gasteiger partial charge < -0.3 is 10.4 Å². The Bertz CT molecular complexity index is 450. The van der Waals surface area contributed by atoms with Crippen LogP contribution in [0.15, 0.2) is 18.2 Å². The van der Waals surface area contributed by atoms with Crippen molar-refractivity contribution in [2.24, 2.45) is 0 Å². The molecule has 2 unspecified atom stereocenters. The highest BCUT2D eigenvalue weighted by Gasteiger charge is 2.36. The molecule has 0 saturated heterocycles. The molecule has 0 heterocycles. The summed E-state index contributed by atoms with van der Waals surface area (Å²) in [6, 6.07) is 7.03. The van der Waals surface area contributed by atoms with Gasteiger partial charge in [-0.15, -0.1) is 0 Å². The van der Waals surface area contributed by atoms with E-state index in [1.165, 1.54) is 23.1 Å². The Kier molecular flexibility index (Phi) is 2.95. The summed E-state index contributed by atoms with van der Waals surface area (Å²) in [4.78, 5) is 0. The predicted octanol–water partition coefficient (Wildman–Crippen LogP) is 3.05. The first-order valence-electron chi connectivity index (χ1n) is 7.14. The second kappa shape index (κ2) is 4.36. The average Bonchev–Trinajstić information content (AvgIpc) is 2.63. The van der Waals surface area contributed by atoms with Crippen molar-refractivity contribution >= 4 is 0 Å². The van der Waals surface area contributed by atoms with E-state index in [2.05, 4.69) is 37.4 Å². The first-order chi connectivity index (χ1) is 8.59. The molecule has 0 radical (unpaired) electrons. The molecule has 3 rings (SSSR count). The maximum Gasteiger partial charge on any atom is 0.0771 e. The molecule has 1 fully saturated rings. The third-order valence-electron chi connectivity index (χ3n) is 4.78. The molecule has 1 aromatic carbocycles. The van der Waals surface area contributed by atoms with E-state index in [0.29, 0.717) is 12.0 Å². The minimum Gasteiger partial charge on any atom is -0.389 e. The summed E-state index contributed by atoms with van der Waals surface area (Å²) >= 11 is 0. The third kappa shape index (κ3) is 1.98. The highest BCUT2D eigenvalue weighted by Crippen LogP contribution is 2.42. The Labute approximate surface area is 109 Å². The van der Waals surface area contributed by atoms with Gasteiger partial charge in [0.2, 0.25) is 0 Å². The molecule has 0 aliphatic heterocycles. The lowest BCUT2D eigenvalue weighted by atomic mass is 9.80. The third-order valence-corrected chi connectivity index (χ3v) is 4.78. The highest BCUT2D eigenvalue weighted by molar-refractivity contribution is 5.43. The van der Waals surface area contributed by atoms with Gasteiger partial charge in [-0.25, -0.2) is 0 Å². The van der Waals surface area contributed by atoms with Crippen LogP contribution in [0.5, 0.6) is 0 Å². The quantitative estimate of drug-likeness (QED) is 0.858. The van der Waals surface area contributed by atoms with Crippen LogP contribution in [0.2, 0.25) is 0 Å². The van der Waals surface area contributed by atoms with Crippen LogP contribution in [-0.4, -0.2) is 17.3 Å². The van der Waals surface area contributed by atoms with E-state index in [1.807, 2.05) is 0 Å². The van der Waals surface area contributed by atoms with E-state index in [0.717, 1.165) is 25.8 Å². The Morgan fingerprint density at radius 1 is 1.39 bits per heavy atom. The number of fused-ring (bicyclic) bond motifs is 1. The van der Waals surface area contributed by atoms with Crippen molar-refractivity contribution in [1.29, 1.82) is 0 Å². The first kappa shape index (κ1) is 12.2. The molecule has 2 heteroatoms. The summed E-state index contributed by atoms with van der Waals surface area (Å²) in [6.45, 7) is 5.26. The van der Waals surface area contributed by atoms with E-state index < -0.39 is 5.60 Å². The molecule has 0 bridgehead atoms. The molecule has 98 valence electrons. The van der Waals surface area contributed by atoms with Crippen LogP contribution in [0, 0.1) is 6.92 Å². The summed E-state index contributed by atoms with van der Waals surface area (Å²) in [5.74, 6) is 0.634. The molecule has 2 N–H and O–H groups in total. The van der Waals surface area contributed by atoms with Gasteiger partial charge in [-0.05, 0) is 55.2 Å². The minimum absolute atomic E-state index is 0.421. The second-order valence-electron chi connectivity index (χ2n) is 6.23. The molecule has 2 aliphatic carbocycles. The molecule has 2 atom stereocenters. The summed E-state index contributed by atoms with van der Waals surface area (Å²) in [7, 11) is 0. The second-order valence-corrected chi connectivity index (χ2v) is 6.23. The van der Waals surface area contributed by atoms with E-state index in [9.17, 15) is 5.11 Å². The van der Waals surface area contributed by atoms with E-state index >= 15 is 0 Å². The molecule has 1 aromatic rings. The number of aryl methyl sites for hydroxylation is 1. The molecule has 18 heavy (non-hydrogen) atoms. The summed E-state index contributed by atoms with van der Waals surface area (Å²) in [6.07, 6.45) is 4.26. The molecule has 0 aromatic heterocycles. The smallest absolute Gasteiger partial charge is 0.0771 e. The van der Waals surface area contributed by atoms with Crippen LogP contribution in [0.4, 0.5) is 0 Å². The van der Waals surface area contributed by atoms with Gasteiger partial charge >= 0.3 is 0 Å². The Hall–Kier alpha value is -0.860. The largest absolute Gasteiger partial charge is 0.389 e. The van der Waals surface area contributed by atoms with Gasteiger partial charge in [-0.3, -0.25) is 0 Å². The fourth-order valence-electron chi connectivity index (χ4n) is 3.55. The zero-order valence-electron chi connectivity index (χ0n) is 11.4. The summed E-state index contributed by atoms with van der Waals surface area (Å²) in [5, 5.41) is 13.8. The van der Waals surface area contributed by atoms with Crippen molar-refractivity contribution in [2.75, 3.05) is 6.54 Å². The Balaban J connectivity index is 1.74. The van der Waals surface area contributed by atoms with Crippen LogP contribution in [0.1, 0.15) is 61.3 Å². The van der Waals surface area contributed by atoms with Gasteiger partial charge in [0.1, 0.15) is 0 Å². The molecule has 0 amide bonds. The number of hydrogen-bond donors (Lipinski definition) is 2. The fraction of sp³-hybridized carbons (Fsp3) is 0.625. The maximum atomic E-state index is 10.2. The molecule has 2 nitrogen and oxygen atoms in total. The zero-order valence-corrected chi connectivity index (χ0v) is 11.4. The van der Waals surface area contributed by atoms with Gasteiger partial charge in [-0.1, -0.05) is 25.1 Å². The standard InChI is InChI=1S/C16H23NO/c1-11-5-3-6-13-14(9-12(2)15(11)13)17-10-16(18)7-4-8-16/h3,5-6,12,14,17-18H,4,7-10H2,1-2H3. The van der Waals surface area contributed by atoms with Crippen molar-refractivity contribution in [3.8, 4) is 0 Å². The number of rotatable bonds is 3. The normalized spacial score (nSPS) is 28.8. The highest BCUT2D eigenvalue weighted by atomic mass is 16.3. The summed E-state index contributed by atoms with van der Waals surface area (Å²) in [5.41, 5.74) is 3.96. The lowest BCUT2D eigenvalue weighted by molar-refractivity contribution is -0.0333. The Morgan fingerprint density at radius 2 is 2.17 bits per heavy atom. The lowest BCUT2D eigenvalue weighted by Crippen LogP contribution is -2.46. The maximum absolute atomic E-state index is 10.2. The van der Waals surface area contributed by atoms with E-state index in [1.54, 1.807) is 0 Å². The topological polar surface area (TPSA) is 32.3 Å². The summed E-state index contributed by atoms with van der Waals surface area (Å²) < 4.78 is 0. The van der Waals surface area contributed by atoms with Crippen LogP contribution in [0.3, 0.4) is 0 Å². The molecular formula is C16H23NO. The molecule has 1 saturated carbocycles. The van der Waals surface area contributed by atoms with Crippen molar-refractivity contribution < 1.29 is 5.11 Å². The number of aliphatic hydroxyl groups is 1. The van der Waals surface area contributed by atoms with Crippen LogP contribution in [0.25, 0.3) is 0 Å². The van der Waals surface area contributed by atoms with Crippen molar-refractivity contribution in [3.05, 3.63) is 34.9 Å². The molecular weight excluding hydrogens is 222 g/mol. The van der Waals surface area contributed by atoms with Gasteiger partial charge in [0, 0.05) is 12.6 Å². The first-order valence-corrected chi connectivity index (χ1v) is 7.14. The van der Waals surface area contributed by atoms with E-state index in [-0.39, 0.29) is 0 Å². The average molecular weight is 245 g/mol. The van der Waals surface area contributed by atoms with Crippen molar-refractivity contribution in [3.63, 3.8) is 0 Å².